The van der Waals surface area contributed by atoms with Crippen LogP contribution in [0.1, 0.15) is 30.9 Å². The maximum atomic E-state index is 12.4. The zero-order valence-electron chi connectivity index (χ0n) is 18.9. The lowest BCUT2D eigenvalue weighted by atomic mass is 9.95. The number of carbonyl (C=O) groups excluding carboxylic acids is 3. The fraction of sp³-hybridized carbons (Fsp3) is 0.571. The zero-order chi connectivity index (χ0) is 25.3. The molecule has 13 heteroatoms. The Morgan fingerprint density at radius 3 is 2.38 bits per heavy atom. The van der Waals surface area contributed by atoms with Crippen LogP contribution in [0.15, 0.2) is 24.3 Å². The van der Waals surface area contributed by atoms with Crippen molar-refractivity contribution in [2.45, 2.75) is 50.4 Å². The van der Waals surface area contributed by atoms with Gasteiger partial charge in [0.05, 0.1) is 24.3 Å². The van der Waals surface area contributed by atoms with Gasteiger partial charge in [0.1, 0.15) is 11.0 Å². The van der Waals surface area contributed by atoms with Gasteiger partial charge in [0, 0.05) is 19.7 Å². The van der Waals surface area contributed by atoms with Crippen molar-refractivity contribution in [1.82, 2.24) is 20.7 Å². The van der Waals surface area contributed by atoms with Crippen molar-refractivity contribution in [3.8, 4) is 0 Å². The number of halogens is 3. The van der Waals surface area contributed by atoms with Crippen LogP contribution < -0.4 is 20.7 Å². The van der Waals surface area contributed by atoms with Gasteiger partial charge in [-0.2, -0.15) is 13.2 Å². The Labute approximate surface area is 198 Å². The van der Waals surface area contributed by atoms with Gasteiger partial charge >= 0.3 is 12.1 Å². The van der Waals surface area contributed by atoms with Crippen LogP contribution in [0, 0.1) is 5.92 Å². The highest BCUT2D eigenvalue weighted by Crippen LogP contribution is 2.19. The summed E-state index contributed by atoms with van der Waals surface area (Å²) in [4.78, 5) is 35.3. The largest absolute Gasteiger partial charge is 0.471 e. The van der Waals surface area contributed by atoms with E-state index in [1.165, 1.54) is 31.4 Å². The van der Waals surface area contributed by atoms with Gasteiger partial charge in [-0.05, 0) is 30.5 Å². The Morgan fingerprint density at radius 1 is 1.18 bits per heavy atom. The molecular formula is C21H29F3N4O5S. The lowest BCUT2D eigenvalue weighted by Crippen LogP contribution is -2.48. The third-order valence-corrected chi connectivity index (χ3v) is 6.41. The molecule has 0 aliphatic carbocycles. The maximum Gasteiger partial charge on any atom is 0.471 e. The summed E-state index contributed by atoms with van der Waals surface area (Å²) < 4.78 is 56.6. The third-order valence-electron chi connectivity index (χ3n) is 5.36. The highest BCUT2D eigenvalue weighted by Gasteiger charge is 2.38. The molecule has 1 aromatic rings. The topological polar surface area (TPSA) is 126 Å². The Hall–Kier alpha value is -2.51. The SMILES string of the molecule is COC(C1CCCN1)C(C)C(=O)NCC(=O)NS(=O)Cc1ccc(CNC(=O)C(F)(F)F)cc1. The molecule has 1 aliphatic heterocycles. The number of alkyl halides is 3. The molecule has 0 saturated carbocycles. The van der Waals surface area contributed by atoms with E-state index in [0.29, 0.717) is 11.1 Å². The summed E-state index contributed by atoms with van der Waals surface area (Å²) in [7, 11) is -0.235. The molecule has 9 nitrogen and oxygen atoms in total. The number of methoxy groups -OCH3 is 1. The van der Waals surface area contributed by atoms with Gasteiger partial charge in [-0.3, -0.25) is 19.1 Å². The number of ether oxygens (including phenoxy) is 1. The van der Waals surface area contributed by atoms with Crippen LogP contribution in [0.2, 0.25) is 0 Å². The van der Waals surface area contributed by atoms with Gasteiger partial charge in [0.2, 0.25) is 5.91 Å². The van der Waals surface area contributed by atoms with E-state index in [-0.39, 0.29) is 36.9 Å². The van der Waals surface area contributed by atoms with E-state index in [1.54, 1.807) is 12.2 Å². The average Bonchev–Trinajstić information content (AvgIpc) is 3.31. The van der Waals surface area contributed by atoms with Crippen LogP contribution in [0.25, 0.3) is 0 Å². The first-order valence-corrected chi connectivity index (χ1v) is 12.0. The van der Waals surface area contributed by atoms with Crippen molar-refractivity contribution < 1.29 is 36.5 Å². The van der Waals surface area contributed by atoms with Gasteiger partial charge < -0.3 is 20.7 Å². The average molecular weight is 507 g/mol. The number of benzene rings is 1. The van der Waals surface area contributed by atoms with Crippen molar-refractivity contribution in [2.75, 3.05) is 20.2 Å². The molecule has 190 valence electrons. The lowest BCUT2D eigenvalue weighted by Gasteiger charge is -2.27. The van der Waals surface area contributed by atoms with Gasteiger partial charge in [-0.25, -0.2) is 4.21 Å². The molecule has 1 heterocycles. The van der Waals surface area contributed by atoms with Gasteiger partial charge in [0.25, 0.3) is 5.91 Å². The Balaban J connectivity index is 1.74. The molecule has 2 rings (SSSR count). The van der Waals surface area contributed by atoms with Gasteiger partial charge in [-0.1, -0.05) is 31.2 Å². The third kappa shape index (κ3) is 8.69. The summed E-state index contributed by atoms with van der Waals surface area (Å²) in [6.45, 7) is 1.93. The molecule has 0 aromatic heterocycles. The summed E-state index contributed by atoms with van der Waals surface area (Å²) in [6.07, 6.45) is -3.38. The Morgan fingerprint density at radius 2 is 1.82 bits per heavy atom. The summed E-state index contributed by atoms with van der Waals surface area (Å²) in [5, 5.41) is 7.57. The number of rotatable bonds is 11. The predicted octanol–water partition coefficient (Wildman–Crippen LogP) is 0.664. The first-order chi connectivity index (χ1) is 16.0. The van der Waals surface area contributed by atoms with Crippen LogP contribution in [-0.4, -0.2) is 60.5 Å². The quantitative estimate of drug-likeness (QED) is 0.350. The van der Waals surface area contributed by atoms with E-state index in [1.807, 2.05) is 0 Å². The Bertz CT molecular complexity index is 876. The monoisotopic (exact) mass is 506 g/mol. The molecule has 1 aliphatic rings. The van der Waals surface area contributed by atoms with Crippen LogP contribution >= 0.6 is 0 Å². The van der Waals surface area contributed by atoms with Crippen LogP contribution in [0.5, 0.6) is 0 Å². The van der Waals surface area contributed by atoms with Crippen molar-refractivity contribution in [2.24, 2.45) is 5.92 Å². The summed E-state index contributed by atoms with van der Waals surface area (Å²) >= 11 is 0. The fourth-order valence-corrected chi connectivity index (χ4v) is 4.47. The van der Waals surface area contributed by atoms with Crippen molar-refractivity contribution >= 4 is 28.7 Å². The predicted molar refractivity (Wildman–Crippen MR) is 118 cm³/mol. The Kier molecular flexibility index (Phi) is 10.5. The molecule has 4 N–H and O–H groups in total. The van der Waals surface area contributed by atoms with Crippen molar-refractivity contribution in [3.63, 3.8) is 0 Å². The normalized spacial score (nSPS) is 18.6. The lowest BCUT2D eigenvalue weighted by molar-refractivity contribution is -0.173. The van der Waals surface area contributed by atoms with Crippen LogP contribution in [0.3, 0.4) is 0 Å². The molecule has 0 spiro atoms. The van der Waals surface area contributed by atoms with Crippen molar-refractivity contribution in [1.29, 1.82) is 0 Å². The standard InChI is InChI=1S/C21H29F3N4O5S/c1-13(18(33-2)16-4-3-9-25-16)19(30)26-11-17(29)28-34(32)12-15-7-5-14(6-8-15)10-27-20(31)21(22,23)24/h5-8,13,16,18,25H,3-4,9-12H2,1-2H3,(H,26,30)(H,27,31)(H,28,29). The zero-order valence-corrected chi connectivity index (χ0v) is 19.7. The number of amides is 3. The van der Waals surface area contributed by atoms with E-state index in [0.717, 1.165) is 19.4 Å². The fourth-order valence-electron chi connectivity index (χ4n) is 3.57. The smallest absolute Gasteiger partial charge is 0.379 e. The number of hydrogen-bond donors (Lipinski definition) is 4. The number of carbonyl (C=O) groups is 3. The summed E-state index contributed by atoms with van der Waals surface area (Å²) in [6, 6.07) is 6.10. The first-order valence-electron chi connectivity index (χ1n) is 10.7. The van der Waals surface area contributed by atoms with E-state index in [2.05, 4.69) is 15.4 Å². The van der Waals surface area contributed by atoms with Gasteiger partial charge in [0.15, 0.2) is 0 Å². The molecular weight excluding hydrogens is 477 g/mol. The second kappa shape index (κ2) is 12.8. The van der Waals surface area contributed by atoms with E-state index in [9.17, 15) is 31.8 Å². The van der Waals surface area contributed by atoms with E-state index < -0.39 is 34.9 Å². The minimum Gasteiger partial charge on any atom is -0.379 e. The highest BCUT2D eigenvalue weighted by molar-refractivity contribution is 7.82. The number of nitrogens with one attached hydrogen (secondary N) is 4. The molecule has 0 radical (unpaired) electrons. The number of hydrogen-bond acceptors (Lipinski definition) is 6. The van der Waals surface area contributed by atoms with E-state index >= 15 is 0 Å². The molecule has 4 unspecified atom stereocenters. The highest BCUT2D eigenvalue weighted by atomic mass is 32.2. The molecule has 1 fully saturated rings. The van der Waals surface area contributed by atoms with Crippen LogP contribution in [0.4, 0.5) is 13.2 Å². The molecule has 34 heavy (non-hydrogen) atoms. The molecule has 0 bridgehead atoms. The molecule has 1 saturated heterocycles. The second-order valence-corrected chi connectivity index (χ2v) is 9.11. The molecule has 3 amide bonds. The minimum absolute atomic E-state index is 0.0373. The summed E-state index contributed by atoms with van der Waals surface area (Å²) in [5.74, 6) is -3.54. The maximum absolute atomic E-state index is 12.4. The summed E-state index contributed by atoms with van der Waals surface area (Å²) in [5.41, 5.74) is 0.990. The van der Waals surface area contributed by atoms with Crippen molar-refractivity contribution in [3.05, 3.63) is 35.4 Å². The van der Waals surface area contributed by atoms with Crippen LogP contribution in [-0.2, 0) is 42.4 Å². The second-order valence-electron chi connectivity index (χ2n) is 7.92. The molecule has 4 atom stereocenters. The minimum atomic E-state index is -4.95. The van der Waals surface area contributed by atoms with E-state index in [4.69, 9.17) is 4.74 Å². The van der Waals surface area contributed by atoms with Gasteiger partial charge in [-0.15, -0.1) is 0 Å². The first kappa shape index (κ1) is 27.7. The molecule has 1 aromatic carbocycles.